The fraction of sp³-hybridized carbons (Fsp3) is 0. The van der Waals surface area contributed by atoms with Gasteiger partial charge >= 0.3 is 0 Å². The zero-order valence-electron chi connectivity index (χ0n) is 17.2. The van der Waals surface area contributed by atoms with Crippen LogP contribution in [0.3, 0.4) is 0 Å². The van der Waals surface area contributed by atoms with E-state index in [1.54, 1.807) is 24.3 Å². The molecule has 2 amide bonds. The molecule has 154 valence electrons. The third-order valence-electron chi connectivity index (χ3n) is 5.40. The van der Waals surface area contributed by atoms with Crippen LogP contribution >= 0.6 is 0 Å². The molecule has 2 N–H and O–H groups in total. The second-order valence-electron chi connectivity index (χ2n) is 7.61. The van der Waals surface area contributed by atoms with Crippen LogP contribution in [0.2, 0.25) is 0 Å². The Morgan fingerprint density at radius 3 is 1.34 bits per heavy atom. The van der Waals surface area contributed by atoms with Gasteiger partial charge in [0.1, 0.15) is 0 Å². The monoisotopic (exact) mass is 416 g/mol. The number of fused-ring (bicyclic) bond motifs is 2. The van der Waals surface area contributed by atoms with Gasteiger partial charge in [-0.05, 0) is 64.0 Å². The van der Waals surface area contributed by atoms with Crippen LogP contribution in [0.25, 0.3) is 21.5 Å². The third-order valence-corrected chi connectivity index (χ3v) is 5.40. The van der Waals surface area contributed by atoms with Crippen molar-refractivity contribution < 1.29 is 9.59 Å². The summed E-state index contributed by atoms with van der Waals surface area (Å²) in [6.45, 7) is 0. The molecular formula is C28H20N2O2. The fourth-order valence-corrected chi connectivity index (χ4v) is 3.74. The summed E-state index contributed by atoms with van der Waals surface area (Å²) in [5.74, 6) is -0.400. The molecule has 5 rings (SSSR count). The van der Waals surface area contributed by atoms with Crippen molar-refractivity contribution in [3.05, 3.63) is 120 Å². The maximum absolute atomic E-state index is 12.7. The van der Waals surface area contributed by atoms with Crippen LogP contribution in [0.1, 0.15) is 20.7 Å². The molecule has 32 heavy (non-hydrogen) atoms. The highest BCUT2D eigenvalue weighted by molar-refractivity contribution is 6.08. The molecule has 0 fully saturated rings. The Labute approximate surface area is 185 Å². The number of hydrogen-bond donors (Lipinski definition) is 2. The Hall–Kier alpha value is -4.44. The van der Waals surface area contributed by atoms with E-state index in [0.717, 1.165) is 21.5 Å². The zero-order valence-corrected chi connectivity index (χ0v) is 17.2. The van der Waals surface area contributed by atoms with Gasteiger partial charge in [0, 0.05) is 22.5 Å². The van der Waals surface area contributed by atoms with E-state index in [1.807, 2.05) is 84.9 Å². The minimum Gasteiger partial charge on any atom is -0.322 e. The third kappa shape index (κ3) is 4.07. The van der Waals surface area contributed by atoms with Gasteiger partial charge in [-0.3, -0.25) is 9.59 Å². The molecule has 4 nitrogen and oxygen atoms in total. The number of amides is 2. The Bertz CT molecular complexity index is 1360. The SMILES string of the molecule is O=C(Nc1cccc(NC(=O)c2ccc3ccccc3c2)c1)c1ccc2ccccc2c1. The van der Waals surface area contributed by atoms with Gasteiger partial charge in [-0.1, -0.05) is 66.7 Å². The first-order valence-electron chi connectivity index (χ1n) is 10.4. The second-order valence-corrected chi connectivity index (χ2v) is 7.61. The Morgan fingerprint density at radius 2 is 0.875 bits per heavy atom. The summed E-state index contributed by atoms with van der Waals surface area (Å²) in [6, 6.07) is 34.2. The summed E-state index contributed by atoms with van der Waals surface area (Å²) in [5, 5.41) is 10.0. The largest absolute Gasteiger partial charge is 0.322 e. The average molecular weight is 416 g/mol. The maximum Gasteiger partial charge on any atom is 0.255 e. The highest BCUT2D eigenvalue weighted by Gasteiger charge is 2.10. The lowest BCUT2D eigenvalue weighted by molar-refractivity contribution is 0.101. The topological polar surface area (TPSA) is 58.2 Å². The first-order valence-corrected chi connectivity index (χ1v) is 10.4. The molecule has 4 heteroatoms. The van der Waals surface area contributed by atoms with Crippen molar-refractivity contribution in [3.63, 3.8) is 0 Å². The Kier molecular flexibility index (Phi) is 5.10. The molecule has 0 aliphatic carbocycles. The minimum absolute atomic E-state index is 0.200. The lowest BCUT2D eigenvalue weighted by atomic mass is 10.1. The second kappa shape index (κ2) is 8.36. The molecule has 0 saturated heterocycles. The normalized spacial score (nSPS) is 10.8. The van der Waals surface area contributed by atoms with Gasteiger partial charge in [0.15, 0.2) is 0 Å². The van der Waals surface area contributed by atoms with Crippen molar-refractivity contribution in [1.82, 2.24) is 0 Å². The predicted octanol–water partition coefficient (Wildman–Crippen LogP) is 6.50. The predicted molar refractivity (Wildman–Crippen MR) is 130 cm³/mol. The van der Waals surface area contributed by atoms with E-state index in [9.17, 15) is 9.59 Å². The van der Waals surface area contributed by atoms with Gasteiger partial charge in [0.05, 0.1) is 0 Å². The Morgan fingerprint density at radius 1 is 0.438 bits per heavy atom. The quantitative estimate of drug-likeness (QED) is 0.351. The van der Waals surface area contributed by atoms with Crippen molar-refractivity contribution >= 4 is 44.7 Å². The van der Waals surface area contributed by atoms with Gasteiger partial charge in [-0.25, -0.2) is 0 Å². The van der Waals surface area contributed by atoms with E-state index in [0.29, 0.717) is 22.5 Å². The van der Waals surface area contributed by atoms with Crippen molar-refractivity contribution in [2.45, 2.75) is 0 Å². The van der Waals surface area contributed by atoms with E-state index < -0.39 is 0 Å². The van der Waals surface area contributed by atoms with Crippen LogP contribution in [0.5, 0.6) is 0 Å². The molecular weight excluding hydrogens is 396 g/mol. The number of nitrogens with one attached hydrogen (secondary N) is 2. The molecule has 5 aromatic carbocycles. The minimum atomic E-state index is -0.200. The summed E-state index contributed by atoms with van der Waals surface area (Å²) in [6.07, 6.45) is 0. The van der Waals surface area contributed by atoms with Gasteiger partial charge in [0.2, 0.25) is 0 Å². The summed E-state index contributed by atoms with van der Waals surface area (Å²) < 4.78 is 0. The van der Waals surface area contributed by atoms with Crippen LogP contribution in [-0.4, -0.2) is 11.8 Å². The van der Waals surface area contributed by atoms with Crippen molar-refractivity contribution in [1.29, 1.82) is 0 Å². The van der Waals surface area contributed by atoms with Gasteiger partial charge in [-0.15, -0.1) is 0 Å². The smallest absolute Gasteiger partial charge is 0.255 e. The molecule has 0 aromatic heterocycles. The number of carbonyl (C=O) groups excluding carboxylic acids is 2. The lowest BCUT2D eigenvalue weighted by Gasteiger charge is -2.10. The summed E-state index contributed by atoms with van der Waals surface area (Å²) in [7, 11) is 0. The maximum atomic E-state index is 12.7. The highest BCUT2D eigenvalue weighted by Crippen LogP contribution is 2.21. The molecule has 0 aliphatic rings. The molecule has 0 spiro atoms. The molecule has 0 heterocycles. The van der Waals surface area contributed by atoms with E-state index in [4.69, 9.17) is 0 Å². The summed E-state index contributed by atoms with van der Waals surface area (Å²) in [4.78, 5) is 25.5. The zero-order chi connectivity index (χ0) is 21.9. The molecule has 0 saturated carbocycles. The van der Waals surface area contributed by atoms with Gasteiger partial charge in [-0.2, -0.15) is 0 Å². The van der Waals surface area contributed by atoms with Gasteiger partial charge in [0.25, 0.3) is 11.8 Å². The van der Waals surface area contributed by atoms with E-state index in [-0.39, 0.29) is 11.8 Å². The molecule has 0 atom stereocenters. The summed E-state index contributed by atoms with van der Waals surface area (Å²) in [5.41, 5.74) is 2.38. The number of benzene rings is 5. The standard InChI is InChI=1S/C28H20N2O2/c31-27(23-14-12-19-6-1-3-8-21(19)16-23)29-25-10-5-11-26(18-25)30-28(32)24-15-13-20-7-2-4-9-22(20)17-24/h1-18H,(H,29,31)(H,30,32). The molecule has 0 radical (unpaired) electrons. The molecule has 0 bridgehead atoms. The molecule has 5 aromatic rings. The molecule has 0 aliphatic heterocycles. The van der Waals surface area contributed by atoms with Crippen LogP contribution in [0.15, 0.2) is 109 Å². The van der Waals surface area contributed by atoms with Crippen LogP contribution in [-0.2, 0) is 0 Å². The Balaban J connectivity index is 1.32. The first-order chi connectivity index (χ1) is 15.7. The molecule has 0 unspecified atom stereocenters. The van der Waals surface area contributed by atoms with Crippen LogP contribution in [0.4, 0.5) is 11.4 Å². The van der Waals surface area contributed by atoms with E-state index in [2.05, 4.69) is 10.6 Å². The van der Waals surface area contributed by atoms with Crippen LogP contribution < -0.4 is 10.6 Å². The van der Waals surface area contributed by atoms with Crippen molar-refractivity contribution in [2.75, 3.05) is 10.6 Å². The number of carbonyl (C=O) groups is 2. The number of anilines is 2. The number of hydrogen-bond acceptors (Lipinski definition) is 2. The first kappa shape index (κ1) is 19.5. The van der Waals surface area contributed by atoms with Gasteiger partial charge < -0.3 is 10.6 Å². The lowest BCUT2D eigenvalue weighted by Crippen LogP contribution is -2.14. The van der Waals surface area contributed by atoms with Crippen molar-refractivity contribution in [3.8, 4) is 0 Å². The van der Waals surface area contributed by atoms with Crippen LogP contribution in [0, 0.1) is 0 Å². The summed E-state index contributed by atoms with van der Waals surface area (Å²) >= 11 is 0. The van der Waals surface area contributed by atoms with E-state index >= 15 is 0 Å². The number of rotatable bonds is 4. The fourth-order valence-electron chi connectivity index (χ4n) is 3.74. The van der Waals surface area contributed by atoms with Crippen molar-refractivity contribution in [2.24, 2.45) is 0 Å². The average Bonchev–Trinajstić information content (AvgIpc) is 2.83. The highest BCUT2D eigenvalue weighted by atomic mass is 16.2. The van der Waals surface area contributed by atoms with E-state index in [1.165, 1.54) is 0 Å².